The van der Waals surface area contributed by atoms with E-state index in [1.807, 2.05) is 0 Å². The van der Waals surface area contributed by atoms with Crippen molar-refractivity contribution in [3.05, 3.63) is 45.0 Å². The summed E-state index contributed by atoms with van der Waals surface area (Å²) in [6.07, 6.45) is 0. The molecule has 0 saturated heterocycles. The second-order valence-electron chi connectivity index (χ2n) is 3.67. The van der Waals surface area contributed by atoms with Gasteiger partial charge in [0.1, 0.15) is 11.0 Å². The van der Waals surface area contributed by atoms with Crippen molar-refractivity contribution >= 4 is 27.5 Å². The van der Waals surface area contributed by atoms with Crippen LogP contribution >= 0.6 is 27.5 Å². The maximum Gasteiger partial charge on any atom is 0.227 e. The van der Waals surface area contributed by atoms with Crippen LogP contribution in [0, 0.1) is 19.7 Å². The molecule has 0 radical (unpaired) electrons. The summed E-state index contributed by atoms with van der Waals surface area (Å²) in [5, 5.41) is 0.301. The molecule has 2 aromatic rings. The van der Waals surface area contributed by atoms with E-state index in [9.17, 15) is 4.39 Å². The topological polar surface area (TPSA) is 35.0 Å². The Morgan fingerprint density at radius 1 is 1.28 bits per heavy atom. The van der Waals surface area contributed by atoms with Gasteiger partial charge in [0, 0.05) is 10.0 Å². The molecule has 0 N–H and O–H groups in total. The highest BCUT2D eigenvalue weighted by molar-refractivity contribution is 9.10. The highest BCUT2D eigenvalue weighted by Gasteiger charge is 2.12. The molecule has 0 unspecified atom stereocenters. The molecule has 0 aliphatic carbocycles. The van der Waals surface area contributed by atoms with Gasteiger partial charge in [-0.1, -0.05) is 27.5 Å². The van der Waals surface area contributed by atoms with E-state index in [-0.39, 0.29) is 11.6 Å². The standard InChI is InChI=1S/C12H9BrClFN2O/c1-6-11(14)16-7(2)17-12(6)18-10-4-3-8(13)5-9(10)15/h3-5H,1-2H3. The molecule has 0 aliphatic rings. The van der Waals surface area contributed by atoms with Gasteiger partial charge >= 0.3 is 0 Å². The number of hydrogen-bond acceptors (Lipinski definition) is 3. The van der Waals surface area contributed by atoms with E-state index in [1.54, 1.807) is 19.9 Å². The summed E-state index contributed by atoms with van der Waals surface area (Å²) in [5.41, 5.74) is 0.574. The predicted molar refractivity (Wildman–Crippen MR) is 70.7 cm³/mol. The fourth-order valence-corrected chi connectivity index (χ4v) is 1.87. The van der Waals surface area contributed by atoms with Crippen molar-refractivity contribution in [1.82, 2.24) is 9.97 Å². The number of rotatable bonds is 2. The Hall–Kier alpha value is -1.20. The Balaban J connectivity index is 2.40. The Labute approximate surface area is 117 Å². The summed E-state index contributed by atoms with van der Waals surface area (Å²) in [5.74, 6) is 0.346. The number of halogens is 3. The zero-order valence-electron chi connectivity index (χ0n) is 9.67. The number of ether oxygens (including phenoxy) is 1. The van der Waals surface area contributed by atoms with Crippen molar-refractivity contribution in [2.24, 2.45) is 0 Å². The van der Waals surface area contributed by atoms with Crippen LogP contribution in [0.4, 0.5) is 4.39 Å². The number of hydrogen-bond donors (Lipinski definition) is 0. The Kier molecular flexibility index (Phi) is 3.82. The molecule has 3 nitrogen and oxygen atoms in total. The molecule has 0 saturated carbocycles. The minimum atomic E-state index is -0.476. The molecule has 2 rings (SSSR count). The van der Waals surface area contributed by atoms with Crippen LogP contribution in [0.15, 0.2) is 22.7 Å². The lowest BCUT2D eigenvalue weighted by atomic mass is 10.3. The zero-order valence-corrected chi connectivity index (χ0v) is 12.0. The summed E-state index contributed by atoms with van der Waals surface area (Å²) in [7, 11) is 0. The minimum absolute atomic E-state index is 0.0930. The van der Waals surface area contributed by atoms with E-state index >= 15 is 0 Å². The lowest BCUT2D eigenvalue weighted by Gasteiger charge is -2.09. The van der Waals surface area contributed by atoms with Crippen LogP contribution in [0.3, 0.4) is 0 Å². The molecular formula is C12H9BrClFN2O. The number of nitrogens with zero attached hydrogens (tertiary/aromatic N) is 2. The normalized spacial score (nSPS) is 10.5. The molecule has 0 bridgehead atoms. The third kappa shape index (κ3) is 2.79. The summed E-state index contributed by atoms with van der Waals surface area (Å²) >= 11 is 9.10. The molecule has 6 heteroatoms. The van der Waals surface area contributed by atoms with Gasteiger partial charge in [-0.05, 0) is 32.0 Å². The Morgan fingerprint density at radius 2 is 2.00 bits per heavy atom. The molecular weight excluding hydrogens is 322 g/mol. The third-order valence-corrected chi connectivity index (χ3v) is 3.12. The molecule has 94 valence electrons. The van der Waals surface area contributed by atoms with Gasteiger partial charge in [-0.2, -0.15) is 4.98 Å². The summed E-state index contributed by atoms with van der Waals surface area (Å²) in [6, 6.07) is 4.52. The number of aryl methyl sites for hydroxylation is 1. The van der Waals surface area contributed by atoms with Crippen LogP contribution in [0.2, 0.25) is 5.15 Å². The lowest BCUT2D eigenvalue weighted by Crippen LogP contribution is -1.98. The Bertz CT molecular complexity index is 607. The first-order valence-electron chi connectivity index (χ1n) is 5.11. The average molecular weight is 332 g/mol. The molecule has 0 atom stereocenters. The second kappa shape index (κ2) is 5.20. The van der Waals surface area contributed by atoms with Gasteiger partial charge in [0.25, 0.3) is 0 Å². The predicted octanol–water partition coefficient (Wildman–Crippen LogP) is 4.44. The minimum Gasteiger partial charge on any atom is -0.435 e. The summed E-state index contributed by atoms with van der Waals surface area (Å²) in [6.45, 7) is 3.41. The quantitative estimate of drug-likeness (QED) is 0.763. The van der Waals surface area contributed by atoms with Gasteiger partial charge in [-0.25, -0.2) is 9.37 Å². The fraction of sp³-hybridized carbons (Fsp3) is 0.167. The van der Waals surface area contributed by atoms with Gasteiger partial charge in [0.05, 0.1) is 0 Å². The van der Waals surface area contributed by atoms with Crippen LogP contribution in [0.5, 0.6) is 11.6 Å². The molecule has 0 aliphatic heterocycles. The highest BCUT2D eigenvalue weighted by atomic mass is 79.9. The maximum absolute atomic E-state index is 13.6. The van der Waals surface area contributed by atoms with E-state index < -0.39 is 5.82 Å². The first kappa shape index (κ1) is 13.2. The molecule has 0 fully saturated rings. The van der Waals surface area contributed by atoms with Crippen LogP contribution in [0.25, 0.3) is 0 Å². The Morgan fingerprint density at radius 3 is 2.67 bits per heavy atom. The van der Waals surface area contributed by atoms with Crippen molar-refractivity contribution in [2.75, 3.05) is 0 Å². The SMILES string of the molecule is Cc1nc(Cl)c(C)c(Oc2ccc(Br)cc2F)n1. The molecule has 18 heavy (non-hydrogen) atoms. The van der Waals surface area contributed by atoms with E-state index in [1.165, 1.54) is 12.1 Å². The first-order chi connectivity index (χ1) is 8.47. The molecule has 0 amide bonds. The lowest BCUT2D eigenvalue weighted by molar-refractivity contribution is 0.422. The fourth-order valence-electron chi connectivity index (χ4n) is 1.33. The second-order valence-corrected chi connectivity index (χ2v) is 4.94. The van der Waals surface area contributed by atoms with Gasteiger partial charge in [-0.3, -0.25) is 0 Å². The van der Waals surface area contributed by atoms with Gasteiger partial charge in [0.2, 0.25) is 5.88 Å². The van der Waals surface area contributed by atoms with Crippen molar-refractivity contribution in [2.45, 2.75) is 13.8 Å². The summed E-state index contributed by atoms with van der Waals surface area (Å²) < 4.78 is 19.7. The van der Waals surface area contributed by atoms with E-state index in [0.717, 1.165) is 0 Å². The van der Waals surface area contributed by atoms with E-state index in [0.29, 0.717) is 21.0 Å². The molecule has 1 heterocycles. The smallest absolute Gasteiger partial charge is 0.227 e. The van der Waals surface area contributed by atoms with E-state index in [2.05, 4.69) is 25.9 Å². The van der Waals surface area contributed by atoms with Gasteiger partial charge in [-0.15, -0.1) is 0 Å². The number of benzene rings is 1. The monoisotopic (exact) mass is 330 g/mol. The van der Waals surface area contributed by atoms with Crippen LogP contribution in [-0.4, -0.2) is 9.97 Å². The van der Waals surface area contributed by atoms with Crippen molar-refractivity contribution in [3.8, 4) is 11.6 Å². The highest BCUT2D eigenvalue weighted by Crippen LogP contribution is 2.29. The van der Waals surface area contributed by atoms with Gasteiger partial charge < -0.3 is 4.74 Å². The number of aromatic nitrogens is 2. The van der Waals surface area contributed by atoms with Crippen molar-refractivity contribution in [1.29, 1.82) is 0 Å². The zero-order chi connectivity index (χ0) is 13.3. The third-order valence-electron chi connectivity index (χ3n) is 2.25. The van der Waals surface area contributed by atoms with Crippen molar-refractivity contribution < 1.29 is 9.13 Å². The van der Waals surface area contributed by atoms with Crippen molar-refractivity contribution in [3.63, 3.8) is 0 Å². The average Bonchev–Trinajstić information content (AvgIpc) is 2.29. The van der Waals surface area contributed by atoms with E-state index in [4.69, 9.17) is 16.3 Å². The van der Waals surface area contributed by atoms with Crippen LogP contribution in [-0.2, 0) is 0 Å². The molecule has 1 aromatic carbocycles. The van der Waals surface area contributed by atoms with Crippen LogP contribution < -0.4 is 4.74 Å². The largest absolute Gasteiger partial charge is 0.435 e. The summed E-state index contributed by atoms with van der Waals surface area (Å²) in [4.78, 5) is 8.08. The molecule has 0 spiro atoms. The van der Waals surface area contributed by atoms with Crippen LogP contribution in [0.1, 0.15) is 11.4 Å². The first-order valence-corrected chi connectivity index (χ1v) is 6.28. The maximum atomic E-state index is 13.6. The van der Waals surface area contributed by atoms with Gasteiger partial charge in [0.15, 0.2) is 11.6 Å². The molecule has 1 aromatic heterocycles.